The van der Waals surface area contributed by atoms with E-state index in [1.165, 1.54) is 24.7 Å². The first-order chi connectivity index (χ1) is 21.3. The van der Waals surface area contributed by atoms with Crippen LogP contribution in [0.15, 0.2) is 95.0 Å². The van der Waals surface area contributed by atoms with E-state index in [4.69, 9.17) is 21.1 Å². The summed E-state index contributed by atoms with van der Waals surface area (Å²) in [6, 6.07) is 22.5. The zero-order valence-electron chi connectivity index (χ0n) is 24.4. The van der Waals surface area contributed by atoms with Crippen LogP contribution < -0.4 is 25.1 Å². The summed E-state index contributed by atoms with van der Waals surface area (Å²) < 4.78 is 10.8. The summed E-state index contributed by atoms with van der Waals surface area (Å²) in [6.07, 6.45) is 2.96. The topological polar surface area (TPSA) is 109 Å². The van der Waals surface area contributed by atoms with Crippen molar-refractivity contribution >= 4 is 58.7 Å². The summed E-state index contributed by atoms with van der Waals surface area (Å²) >= 11 is 7.49. The van der Waals surface area contributed by atoms with Gasteiger partial charge in [0, 0.05) is 18.8 Å². The van der Waals surface area contributed by atoms with E-state index in [1.807, 2.05) is 24.3 Å². The number of esters is 1. The van der Waals surface area contributed by atoms with Crippen molar-refractivity contribution in [3.8, 4) is 11.5 Å². The summed E-state index contributed by atoms with van der Waals surface area (Å²) in [7, 11) is 1.45. The molecule has 4 aromatic rings. The number of hydrazone groups is 1. The summed E-state index contributed by atoms with van der Waals surface area (Å²) in [5.41, 5.74) is 4.96. The fourth-order valence-corrected chi connectivity index (χ4v) is 4.97. The zero-order chi connectivity index (χ0) is 31.5. The second kappa shape index (κ2) is 15.5. The fourth-order valence-electron chi connectivity index (χ4n) is 4.15. The van der Waals surface area contributed by atoms with Crippen LogP contribution in [0.2, 0.25) is 5.02 Å². The highest BCUT2D eigenvalue weighted by Gasteiger charge is 2.17. The van der Waals surface area contributed by atoms with Gasteiger partial charge in [0.05, 0.1) is 23.9 Å². The molecule has 0 aliphatic heterocycles. The second-order valence-corrected chi connectivity index (χ2v) is 10.6. The van der Waals surface area contributed by atoms with Crippen molar-refractivity contribution in [2.45, 2.75) is 13.8 Å². The van der Waals surface area contributed by atoms with Crippen molar-refractivity contribution in [2.75, 3.05) is 25.1 Å². The molecule has 0 bridgehead atoms. The number of hydrogen-bond donors (Lipinski definition) is 2. The highest BCUT2D eigenvalue weighted by molar-refractivity contribution is 7.12. The minimum Gasteiger partial charge on any atom is -0.493 e. The van der Waals surface area contributed by atoms with Crippen LogP contribution in [0.25, 0.3) is 6.08 Å². The smallest absolute Gasteiger partial charge is 0.353 e. The molecule has 0 radical (unpaired) electrons. The van der Waals surface area contributed by atoms with Gasteiger partial charge in [0.15, 0.2) is 11.5 Å². The Balaban J connectivity index is 1.52. The molecule has 0 aliphatic rings. The van der Waals surface area contributed by atoms with Gasteiger partial charge in [-0.05, 0) is 85.0 Å². The Bertz CT molecular complexity index is 1670. The predicted molar refractivity (Wildman–Crippen MR) is 175 cm³/mol. The van der Waals surface area contributed by atoms with E-state index in [0.717, 1.165) is 18.8 Å². The lowest BCUT2D eigenvalue weighted by molar-refractivity contribution is -0.117. The molecule has 226 valence electrons. The molecule has 0 saturated heterocycles. The lowest BCUT2D eigenvalue weighted by Gasteiger charge is -2.21. The number of methoxy groups -OCH3 is 1. The van der Waals surface area contributed by atoms with Crippen LogP contribution in [-0.4, -0.2) is 44.2 Å². The molecule has 0 saturated carbocycles. The molecule has 4 rings (SSSR count). The van der Waals surface area contributed by atoms with E-state index in [1.54, 1.807) is 66.1 Å². The number of amides is 2. The fraction of sp³-hybridized carbons (Fsp3) is 0.152. The quantitative estimate of drug-likeness (QED) is 0.0617. The summed E-state index contributed by atoms with van der Waals surface area (Å²) in [5, 5.41) is 8.76. The van der Waals surface area contributed by atoms with Gasteiger partial charge in [-0.2, -0.15) is 5.10 Å². The Morgan fingerprint density at radius 1 is 0.932 bits per heavy atom. The molecule has 44 heavy (non-hydrogen) atoms. The number of benzene rings is 3. The average molecular weight is 631 g/mol. The molecule has 9 nitrogen and oxygen atoms in total. The highest BCUT2D eigenvalue weighted by Crippen LogP contribution is 2.29. The maximum Gasteiger partial charge on any atom is 0.353 e. The minimum absolute atomic E-state index is 0.0314. The number of ether oxygens (including phenoxy) is 2. The summed E-state index contributed by atoms with van der Waals surface area (Å²) in [4.78, 5) is 41.3. The molecule has 0 spiro atoms. The standard InChI is InChI=1S/C33H31ClN4O5S/c1-4-38(5-2)24-15-12-22(13-16-24)19-27(36-31(39)25-9-6-7-10-26(25)34)32(40)37-35-21-23-14-17-28(29(20-23)42-3)43-33(41)30-11-8-18-44-30/h6-21H,4-5H2,1-3H3,(H,36,39)(H,37,40)/b27-19+,35-21-. The Morgan fingerprint density at radius 2 is 1.66 bits per heavy atom. The molecule has 0 unspecified atom stereocenters. The highest BCUT2D eigenvalue weighted by atomic mass is 35.5. The summed E-state index contributed by atoms with van der Waals surface area (Å²) in [5.74, 6) is -1.13. The van der Waals surface area contributed by atoms with E-state index in [9.17, 15) is 14.4 Å². The van der Waals surface area contributed by atoms with Crippen LogP contribution >= 0.6 is 22.9 Å². The van der Waals surface area contributed by atoms with Crippen molar-refractivity contribution in [3.63, 3.8) is 0 Å². The third-order valence-electron chi connectivity index (χ3n) is 6.44. The van der Waals surface area contributed by atoms with E-state index < -0.39 is 17.8 Å². The largest absolute Gasteiger partial charge is 0.493 e. The van der Waals surface area contributed by atoms with Crippen LogP contribution in [0.1, 0.15) is 45.0 Å². The Hall–Kier alpha value is -4.93. The molecule has 0 aliphatic carbocycles. The summed E-state index contributed by atoms with van der Waals surface area (Å²) in [6.45, 7) is 5.88. The van der Waals surface area contributed by atoms with Gasteiger partial charge >= 0.3 is 5.97 Å². The molecule has 2 amide bonds. The van der Waals surface area contributed by atoms with Gasteiger partial charge in [-0.3, -0.25) is 9.59 Å². The normalized spacial score (nSPS) is 11.2. The maximum atomic E-state index is 13.2. The van der Waals surface area contributed by atoms with Crippen LogP contribution in [0.3, 0.4) is 0 Å². The molecule has 1 aromatic heterocycles. The number of hydrogen-bond acceptors (Lipinski definition) is 8. The monoisotopic (exact) mass is 630 g/mol. The van der Waals surface area contributed by atoms with Crippen molar-refractivity contribution in [1.82, 2.24) is 10.7 Å². The van der Waals surface area contributed by atoms with Crippen LogP contribution in [-0.2, 0) is 4.79 Å². The van der Waals surface area contributed by atoms with Crippen LogP contribution in [0.4, 0.5) is 5.69 Å². The minimum atomic E-state index is -0.650. The van der Waals surface area contributed by atoms with Crippen LogP contribution in [0, 0.1) is 0 Å². The number of nitrogens with one attached hydrogen (secondary N) is 2. The number of thiophene rings is 1. The third-order valence-corrected chi connectivity index (χ3v) is 7.62. The molecular weight excluding hydrogens is 600 g/mol. The van der Waals surface area contributed by atoms with Crippen LogP contribution in [0.5, 0.6) is 11.5 Å². The molecule has 3 aromatic carbocycles. The molecule has 11 heteroatoms. The average Bonchev–Trinajstić information content (AvgIpc) is 3.58. The predicted octanol–water partition coefficient (Wildman–Crippen LogP) is 6.40. The molecule has 0 fully saturated rings. The first kappa shape index (κ1) is 32.0. The Morgan fingerprint density at radius 3 is 2.32 bits per heavy atom. The maximum absolute atomic E-state index is 13.2. The van der Waals surface area contributed by atoms with Crippen molar-refractivity contribution in [1.29, 1.82) is 0 Å². The van der Waals surface area contributed by atoms with Gasteiger partial charge in [-0.25, -0.2) is 10.2 Å². The Kier molecular flexibility index (Phi) is 11.3. The second-order valence-electron chi connectivity index (χ2n) is 9.23. The van der Waals surface area contributed by atoms with Crippen molar-refractivity contribution in [3.05, 3.63) is 117 Å². The molecular formula is C33H31ClN4O5S. The molecule has 0 atom stereocenters. The van der Waals surface area contributed by atoms with Crippen molar-refractivity contribution in [2.24, 2.45) is 5.10 Å². The zero-order valence-corrected chi connectivity index (χ0v) is 25.9. The molecule has 2 N–H and O–H groups in total. The van der Waals surface area contributed by atoms with Crippen molar-refractivity contribution < 1.29 is 23.9 Å². The van der Waals surface area contributed by atoms with Gasteiger partial charge < -0.3 is 19.7 Å². The lowest BCUT2D eigenvalue weighted by Crippen LogP contribution is -2.33. The van der Waals surface area contributed by atoms with Gasteiger partial charge in [0.25, 0.3) is 11.8 Å². The SMILES string of the molecule is CCN(CC)c1ccc(/C=C(/NC(=O)c2ccccc2Cl)C(=O)N/N=C\c2ccc(OC(=O)c3cccs3)c(OC)c2)cc1. The van der Waals surface area contributed by atoms with E-state index in [-0.39, 0.29) is 22.0 Å². The van der Waals surface area contributed by atoms with Gasteiger partial charge in [-0.15, -0.1) is 11.3 Å². The third kappa shape index (κ3) is 8.33. The Labute approximate surface area is 264 Å². The first-order valence-corrected chi connectivity index (χ1v) is 15.0. The van der Waals surface area contributed by atoms with Gasteiger partial charge in [-0.1, -0.05) is 41.9 Å². The number of rotatable bonds is 12. The number of nitrogens with zero attached hydrogens (tertiary/aromatic N) is 2. The lowest BCUT2D eigenvalue weighted by atomic mass is 10.1. The van der Waals surface area contributed by atoms with Gasteiger partial charge in [0.2, 0.25) is 0 Å². The number of carbonyl (C=O) groups excluding carboxylic acids is 3. The van der Waals surface area contributed by atoms with E-state index in [0.29, 0.717) is 21.8 Å². The number of anilines is 1. The van der Waals surface area contributed by atoms with E-state index in [2.05, 4.69) is 34.6 Å². The first-order valence-electron chi connectivity index (χ1n) is 13.7. The molecule has 1 heterocycles. The number of carbonyl (C=O) groups is 3. The number of halogens is 1. The van der Waals surface area contributed by atoms with E-state index >= 15 is 0 Å². The van der Waals surface area contributed by atoms with Gasteiger partial charge in [0.1, 0.15) is 10.6 Å².